The fraction of sp³-hybridized carbons (Fsp3) is 0.700. The molecule has 0 spiro atoms. The second kappa shape index (κ2) is 12.1. The van der Waals surface area contributed by atoms with Crippen molar-refractivity contribution in [1.29, 1.82) is 0 Å². The summed E-state index contributed by atoms with van der Waals surface area (Å²) in [6.07, 6.45) is 7.06. The molecule has 0 radical (unpaired) electrons. The Morgan fingerprint density at radius 1 is 1.00 bits per heavy atom. The quantitative estimate of drug-likeness (QED) is 0.535. The lowest BCUT2D eigenvalue weighted by molar-refractivity contribution is 0.264. The average Bonchev–Trinajstić information content (AvgIpc) is 2.27. The number of hydrogen-bond acceptors (Lipinski definition) is 0. The first kappa shape index (κ1) is 22.8. The molecule has 2 rings (SSSR count). The molecule has 124 valence electrons. The van der Waals surface area contributed by atoms with Gasteiger partial charge in [-0.2, -0.15) is 0 Å². The van der Waals surface area contributed by atoms with Crippen LogP contribution in [0.3, 0.4) is 0 Å². The standard InChI is InChI=1S/C10H13Cl.C8H16.2CH4/c1-8(2)7-9-5-3-4-6-10(9)11;1-7(2)6-8-4-3-5-8;;/h3-6,8H,7H2,1-2H3;7-8H,3-6H2,1-2H3;2*1H4. The molecule has 1 aromatic carbocycles. The lowest BCUT2D eigenvalue weighted by atomic mass is 9.80. The Labute approximate surface area is 139 Å². The molecule has 0 aromatic heterocycles. The predicted octanol–water partition coefficient (Wildman–Crippen LogP) is 7.64. The van der Waals surface area contributed by atoms with Gasteiger partial charge in [0, 0.05) is 5.02 Å². The third-order valence-electron chi connectivity index (χ3n) is 3.62. The van der Waals surface area contributed by atoms with Crippen LogP contribution >= 0.6 is 11.6 Å². The van der Waals surface area contributed by atoms with E-state index in [1.165, 1.54) is 31.2 Å². The Morgan fingerprint density at radius 3 is 1.90 bits per heavy atom. The van der Waals surface area contributed by atoms with Crippen molar-refractivity contribution < 1.29 is 0 Å². The smallest absolute Gasteiger partial charge is 0.0438 e. The van der Waals surface area contributed by atoms with Gasteiger partial charge in [0.15, 0.2) is 0 Å². The highest BCUT2D eigenvalue weighted by Crippen LogP contribution is 2.31. The minimum absolute atomic E-state index is 0. The Bertz CT molecular complexity index is 351. The van der Waals surface area contributed by atoms with Crippen LogP contribution in [0.1, 0.15) is 73.8 Å². The fourth-order valence-corrected chi connectivity index (χ4v) is 2.71. The van der Waals surface area contributed by atoms with Crippen LogP contribution in [0.5, 0.6) is 0 Å². The molecule has 1 fully saturated rings. The molecular weight excluding hydrogens is 276 g/mol. The highest BCUT2D eigenvalue weighted by Gasteiger charge is 2.17. The maximum absolute atomic E-state index is 5.97. The molecule has 0 aliphatic heterocycles. The van der Waals surface area contributed by atoms with E-state index in [1.54, 1.807) is 0 Å². The zero-order chi connectivity index (χ0) is 14.3. The van der Waals surface area contributed by atoms with Gasteiger partial charge in [-0.3, -0.25) is 0 Å². The minimum atomic E-state index is 0. The monoisotopic (exact) mass is 312 g/mol. The first-order chi connectivity index (χ1) is 8.99. The van der Waals surface area contributed by atoms with Crippen LogP contribution in [0.15, 0.2) is 24.3 Å². The van der Waals surface area contributed by atoms with Crippen molar-refractivity contribution in [2.75, 3.05) is 0 Å². The third kappa shape index (κ3) is 9.96. The van der Waals surface area contributed by atoms with Gasteiger partial charge in [0.2, 0.25) is 0 Å². The van der Waals surface area contributed by atoms with E-state index in [0.29, 0.717) is 5.92 Å². The maximum atomic E-state index is 5.97. The van der Waals surface area contributed by atoms with E-state index in [9.17, 15) is 0 Å². The summed E-state index contributed by atoms with van der Waals surface area (Å²) >= 11 is 5.97. The van der Waals surface area contributed by atoms with Crippen LogP contribution in [-0.2, 0) is 6.42 Å². The van der Waals surface area contributed by atoms with Crippen LogP contribution in [0.25, 0.3) is 0 Å². The van der Waals surface area contributed by atoms with Gasteiger partial charge >= 0.3 is 0 Å². The number of hydrogen-bond donors (Lipinski definition) is 0. The van der Waals surface area contributed by atoms with Crippen molar-refractivity contribution in [1.82, 2.24) is 0 Å². The Kier molecular flexibility index (Phi) is 13.1. The number of benzene rings is 1. The summed E-state index contributed by atoms with van der Waals surface area (Å²) in [7, 11) is 0. The molecule has 0 nitrogen and oxygen atoms in total. The third-order valence-corrected chi connectivity index (χ3v) is 3.98. The van der Waals surface area contributed by atoms with Gasteiger partial charge < -0.3 is 0 Å². The molecular formula is C20H37Cl. The zero-order valence-corrected chi connectivity index (χ0v) is 13.7. The van der Waals surface area contributed by atoms with Crippen molar-refractivity contribution in [2.24, 2.45) is 17.8 Å². The Hall–Kier alpha value is -0.490. The van der Waals surface area contributed by atoms with Crippen molar-refractivity contribution in [3.8, 4) is 0 Å². The molecule has 1 heteroatoms. The largest absolute Gasteiger partial charge is 0.0840 e. The first-order valence-electron chi connectivity index (χ1n) is 7.72. The normalized spacial score (nSPS) is 13.7. The topological polar surface area (TPSA) is 0 Å². The molecule has 0 unspecified atom stereocenters. The van der Waals surface area contributed by atoms with Gasteiger partial charge in [-0.05, 0) is 42.2 Å². The van der Waals surface area contributed by atoms with Crippen molar-refractivity contribution in [3.63, 3.8) is 0 Å². The Morgan fingerprint density at radius 2 is 1.57 bits per heavy atom. The van der Waals surface area contributed by atoms with E-state index in [2.05, 4.69) is 33.8 Å². The molecule has 1 aliphatic rings. The van der Waals surface area contributed by atoms with Gasteiger partial charge in [-0.1, -0.05) is 91.6 Å². The molecule has 0 bridgehead atoms. The number of rotatable bonds is 4. The average molecular weight is 313 g/mol. The summed E-state index contributed by atoms with van der Waals surface area (Å²) in [6.45, 7) is 9.03. The van der Waals surface area contributed by atoms with Crippen LogP contribution < -0.4 is 0 Å². The zero-order valence-electron chi connectivity index (χ0n) is 13.0. The van der Waals surface area contributed by atoms with Crippen molar-refractivity contribution >= 4 is 11.6 Å². The molecule has 0 saturated heterocycles. The molecule has 1 saturated carbocycles. The van der Waals surface area contributed by atoms with Gasteiger partial charge in [0.1, 0.15) is 0 Å². The SMILES string of the molecule is C.C.CC(C)CC1CCC1.CC(C)Cc1ccccc1Cl. The second-order valence-corrected chi connectivity index (χ2v) is 7.02. The number of halogens is 1. The lowest BCUT2D eigenvalue weighted by Gasteiger charge is -2.26. The van der Waals surface area contributed by atoms with Gasteiger partial charge in [0.05, 0.1) is 0 Å². The van der Waals surface area contributed by atoms with E-state index in [0.717, 1.165) is 23.3 Å². The molecule has 1 aromatic rings. The van der Waals surface area contributed by atoms with Gasteiger partial charge in [-0.25, -0.2) is 0 Å². The van der Waals surface area contributed by atoms with Gasteiger partial charge in [0.25, 0.3) is 0 Å². The van der Waals surface area contributed by atoms with Crippen molar-refractivity contribution in [3.05, 3.63) is 34.9 Å². The van der Waals surface area contributed by atoms with Crippen LogP contribution in [0.4, 0.5) is 0 Å². The molecule has 21 heavy (non-hydrogen) atoms. The van der Waals surface area contributed by atoms with Crippen LogP contribution in [0.2, 0.25) is 5.02 Å². The lowest BCUT2D eigenvalue weighted by Crippen LogP contribution is -2.12. The van der Waals surface area contributed by atoms with E-state index >= 15 is 0 Å². The highest BCUT2D eigenvalue weighted by molar-refractivity contribution is 6.31. The van der Waals surface area contributed by atoms with Crippen molar-refractivity contribution in [2.45, 2.75) is 74.7 Å². The fourth-order valence-electron chi connectivity index (χ4n) is 2.50. The summed E-state index contributed by atoms with van der Waals surface area (Å²) in [4.78, 5) is 0. The molecule has 0 heterocycles. The van der Waals surface area contributed by atoms with Crippen LogP contribution in [0, 0.1) is 17.8 Å². The molecule has 0 N–H and O–H groups in total. The summed E-state index contributed by atoms with van der Waals surface area (Å²) in [5, 5.41) is 0.890. The van der Waals surface area contributed by atoms with Gasteiger partial charge in [-0.15, -0.1) is 0 Å². The maximum Gasteiger partial charge on any atom is 0.0438 e. The first-order valence-corrected chi connectivity index (χ1v) is 8.10. The second-order valence-electron chi connectivity index (χ2n) is 6.62. The Balaban J connectivity index is 0. The van der Waals surface area contributed by atoms with E-state index in [1.807, 2.05) is 18.2 Å². The minimum Gasteiger partial charge on any atom is -0.0840 e. The molecule has 1 aliphatic carbocycles. The van der Waals surface area contributed by atoms with E-state index < -0.39 is 0 Å². The van der Waals surface area contributed by atoms with E-state index in [4.69, 9.17) is 11.6 Å². The summed E-state index contributed by atoms with van der Waals surface area (Å²) < 4.78 is 0. The highest BCUT2D eigenvalue weighted by atomic mass is 35.5. The summed E-state index contributed by atoms with van der Waals surface area (Å²) in [6, 6.07) is 8.03. The predicted molar refractivity (Wildman–Crippen MR) is 100 cm³/mol. The van der Waals surface area contributed by atoms with Crippen LogP contribution in [-0.4, -0.2) is 0 Å². The summed E-state index contributed by atoms with van der Waals surface area (Å²) in [5.74, 6) is 2.71. The molecule has 0 amide bonds. The summed E-state index contributed by atoms with van der Waals surface area (Å²) in [5.41, 5.74) is 1.25. The van der Waals surface area contributed by atoms with E-state index in [-0.39, 0.29) is 14.9 Å². The molecule has 0 atom stereocenters.